The Morgan fingerprint density at radius 1 is 1.14 bits per heavy atom. The number of carbonyl (C=O) groups is 2. The second kappa shape index (κ2) is 11.0. The third kappa shape index (κ3) is 5.73. The van der Waals surface area contributed by atoms with Crippen LogP contribution in [0.25, 0.3) is 0 Å². The molecule has 2 aromatic heterocycles. The Morgan fingerprint density at radius 3 is 2.78 bits per heavy atom. The number of fused-ring (bicyclic) bond motifs is 1. The fourth-order valence-electron chi connectivity index (χ4n) is 4.15. The lowest BCUT2D eigenvalue weighted by atomic mass is 10.1. The first-order valence-electron chi connectivity index (χ1n) is 11.8. The molecule has 3 amide bonds. The van der Waals surface area contributed by atoms with Gasteiger partial charge in [-0.05, 0) is 18.6 Å². The quantitative estimate of drug-likeness (QED) is 0.425. The van der Waals surface area contributed by atoms with Gasteiger partial charge < -0.3 is 29.7 Å². The van der Waals surface area contributed by atoms with Crippen molar-refractivity contribution in [2.75, 3.05) is 49.5 Å². The van der Waals surface area contributed by atoms with Crippen molar-refractivity contribution in [2.45, 2.75) is 25.4 Å². The summed E-state index contributed by atoms with van der Waals surface area (Å²) in [6.45, 7) is 2.39. The molecule has 3 aromatic rings. The second-order valence-corrected chi connectivity index (χ2v) is 9.56. The van der Waals surface area contributed by atoms with Gasteiger partial charge in [0.1, 0.15) is 5.82 Å². The minimum absolute atomic E-state index is 0.0277. The van der Waals surface area contributed by atoms with E-state index in [-0.39, 0.29) is 18.0 Å². The topological polar surface area (TPSA) is 140 Å². The van der Waals surface area contributed by atoms with Crippen LogP contribution >= 0.6 is 11.3 Å². The first-order chi connectivity index (χ1) is 18.0. The highest BCUT2D eigenvalue weighted by Crippen LogP contribution is 2.32. The number of aromatic nitrogens is 3. The van der Waals surface area contributed by atoms with Crippen molar-refractivity contribution in [3.63, 3.8) is 0 Å². The van der Waals surface area contributed by atoms with Crippen LogP contribution in [0.3, 0.4) is 0 Å². The van der Waals surface area contributed by atoms with Crippen LogP contribution in [0, 0.1) is 0 Å². The van der Waals surface area contributed by atoms with E-state index in [1.54, 1.807) is 37.4 Å². The standard InChI is InChI=1S/C24H27N7O5S/c1-34-20-11-19(28-23(29-20)35-2)31-9-7-17-18(12-31)37-24(27-17)30-22(33)26-16-6-4-3-5-15(16)21(32)25-14-8-10-36-13-14/h3-6,11,14H,7-10,12-13H2,1-2H3,(H,25,32)(H2,26,27,30,33). The van der Waals surface area contributed by atoms with Gasteiger partial charge >= 0.3 is 12.0 Å². The highest BCUT2D eigenvalue weighted by atomic mass is 32.1. The number of nitrogens with zero attached hydrogens (tertiary/aromatic N) is 4. The zero-order valence-corrected chi connectivity index (χ0v) is 21.3. The number of benzene rings is 1. The molecule has 2 aliphatic rings. The first kappa shape index (κ1) is 24.7. The van der Waals surface area contributed by atoms with E-state index in [0.717, 1.165) is 17.0 Å². The van der Waals surface area contributed by atoms with Crippen LogP contribution in [0.2, 0.25) is 0 Å². The zero-order valence-electron chi connectivity index (χ0n) is 20.4. The molecule has 1 unspecified atom stereocenters. The summed E-state index contributed by atoms with van der Waals surface area (Å²) >= 11 is 1.40. The van der Waals surface area contributed by atoms with Crippen molar-refractivity contribution < 1.29 is 23.8 Å². The van der Waals surface area contributed by atoms with Gasteiger partial charge in [0.25, 0.3) is 5.91 Å². The smallest absolute Gasteiger partial charge is 0.325 e. The van der Waals surface area contributed by atoms with Gasteiger partial charge in [-0.25, -0.2) is 9.78 Å². The zero-order chi connectivity index (χ0) is 25.8. The second-order valence-electron chi connectivity index (χ2n) is 8.47. The fourth-order valence-corrected chi connectivity index (χ4v) is 5.17. The summed E-state index contributed by atoms with van der Waals surface area (Å²) in [4.78, 5) is 41.8. The van der Waals surface area contributed by atoms with Gasteiger partial charge in [-0.15, -0.1) is 0 Å². The van der Waals surface area contributed by atoms with Crippen LogP contribution in [-0.2, 0) is 17.7 Å². The van der Waals surface area contributed by atoms with Gasteiger partial charge in [-0.2, -0.15) is 9.97 Å². The predicted octanol–water partition coefficient (Wildman–Crippen LogP) is 2.68. The normalized spacial score (nSPS) is 16.6. The number of carbonyl (C=O) groups excluding carboxylic acids is 2. The number of hydrogen-bond acceptors (Lipinski definition) is 10. The molecule has 194 valence electrons. The number of urea groups is 1. The maximum atomic E-state index is 12.8. The van der Waals surface area contributed by atoms with Gasteiger partial charge in [-0.3, -0.25) is 10.1 Å². The van der Waals surface area contributed by atoms with Gasteiger partial charge in [0.05, 0.1) is 50.4 Å². The molecule has 37 heavy (non-hydrogen) atoms. The highest BCUT2D eigenvalue weighted by Gasteiger charge is 2.24. The summed E-state index contributed by atoms with van der Waals surface area (Å²) in [7, 11) is 3.05. The molecule has 13 heteroatoms. The van der Waals surface area contributed by atoms with Gasteiger partial charge in [0.2, 0.25) is 5.88 Å². The summed E-state index contributed by atoms with van der Waals surface area (Å²) in [6.07, 6.45) is 1.46. The van der Waals surface area contributed by atoms with Gasteiger partial charge in [-0.1, -0.05) is 23.5 Å². The third-order valence-corrected chi connectivity index (χ3v) is 7.02. The number of nitrogens with one attached hydrogen (secondary N) is 3. The molecule has 4 heterocycles. The summed E-state index contributed by atoms with van der Waals surface area (Å²) < 4.78 is 15.8. The number of thiazole rings is 1. The number of rotatable bonds is 7. The minimum Gasteiger partial charge on any atom is -0.481 e. The molecule has 0 saturated carbocycles. The number of hydrogen-bond donors (Lipinski definition) is 3. The Labute approximate surface area is 217 Å². The van der Waals surface area contributed by atoms with E-state index in [2.05, 4.69) is 35.8 Å². The minimum atomic E-state index is -0.474. The third-order valence-electron chi connectivity index (χ3n) is 6.02. The number of anilines is 3. The summed E-state index contributed by atoms with van der Waals surface area (Å²) in [5.41, 5.74) is 1.73. The Balaban J connectivity index is 1.24. The number of para-hydroxylation sites is 1. The largest absolute Gasteiger partial charge is 0.481 e. The molecular formula is C24H27N7O5S. The molecule has 0 aliphatic carbocycles. The molecule has 3 N–H and O–H groups in total. The Bertz CT molecular complexity index is 1270. The fraction of sp³-hybridized carbons (Fsp3) is 0.375. The summed E-state index contributed by atoms with van der Waals surface area (Å²) in [5, 5.41) is 9.00. The molecule has 0 bridgehead atoms. The number of methoxy groups -OCH3 is 2. The van der Waals surface area contributed by atoms with Crippen molar-refractivity contribution >= 4 is 39.9 Å². The van der Waals surface area contributed by atoms with Crippen LogP contribution in [0.1, 0.15) is 27.3 Å². The Morgan fingerprint density at radius 2 is 2.00 bits per heavy atom. The number of amides is 3. The van der Waals surface area contributed by atoms with Gasteiger partial charge in [0, 0.05) is 30.5 Å². The molecule has 5 rings (SSSR count). The predicted molar refractivity (Wildman–Crippen MR) is 138 cm³/mol. The maximum absolute atomic E-state index is 12.8. The van der Waals surface area contributed by atoms with Crippen LogP contribution in [0.5, 0.6) is 11.9 Å². The van der Waals surface area contributed by atoms with E-state index >= 15 is 0 Å². The average molecular weight is 526 g/mol. The lowest BCUT2D eigenvalue weighted by molar-refractivity contribution is 0.0931. The van der Waals surface area contributed by atoms with Gasteiger partial charge in [0.15, 0.2) is 5.13 Å². The van der Waals surface area contributed by atoms with E-state index < -0.39 is 6.03 Å². The van der Waals surface area contributed by atoms with Crippen LogP contribution in [0.4, 0.5) is 21.4 Å². The molecule has 1 atom stereocenters. The van der Waals surface area contributed by atoms with Crippen molar-refractivity contribution in [1.82, 2.24) is 20.3 Å². The maximum Gasteiger partial charge on any atom is 0.325 e. The molecule has 0 spiro atoms. The van der Waals surface area contributed by atoms with E-state index in [0.29, 0.717) is 60.8 Å². The van der Waals surface area contributed by atoms with E-state index in [1.807, 2.05) is 0 Å². The monoisotopic (exact) mass is 525 g/mol. The van der Waals surface area contributed by atoms with Crippen LogP contribution in [-0.4, -0.2) is 66.9 Å². The Hall–Kier alpha value is -3.97. The van der Waals surface area contributed by atoms with Crippen molar-refractivity contribution in [1.29, 1.82) is 0 Å². The first-order valence-corrected chi connectivity index (χ1v) is 12.6. The van der Waals surface area contributed by atoms with E-state index in [1.165, 1.54) is 18.4 Å². The molecule has 0 radical (unpaired) electrons. The van der Waals surface area contributed by atoms with Crippen LogP contribution in [0.15, 0.2) is 30.3 Å². The van der Waals surface area contributed by atoms with Crippen molar-refractivity contribution in [3.8, 4) is 11.9 Å². The highest BCUT2D eigenvalue weighted by molar-refractivity contribution is 7.15. The molecule has 12 nitrogen and oxygen atoms in total. The average Bonchev–Trinajstić information content (AvgIpc) is 3.57. The SMILES string of the molecule is COc1cc(N2CCc3nc(NC(=O)Nc4ccccc4C(=O)NC4CCOC4)sc3C2)nc(OC)n1. The van der Waals surface area contributed by atoms with Crippen LogP contribution < -0.4 is 30.3 Å². The summed E-state index contributed by atoms with van der Waals surface area (Å²) in [5.74, 6) is 0.852. The van der Waals surface area contributed by atoms with E-state index in [9.17, 15) is 9.59 Å². The molecule has 1 aromatic carbocycles. The van der Waals surface area contributed by atoms with Crippen molar-refractivity contribution in [2.24, 2.45) is 0 Å². The lowest BCUT2D eigenvalue weighted by Gasteiger charge is -2.27. The molecule has 1 fully saturated rings. The molecular weight excluding hydrogens is 498 g/mol. The Kier molecular flexibility index (Phi) is 7.32. The van der Waals surface area contributed by atoms with Crippen molar-refractivity contribution in [3.05, 3.63) is 46.5 Å². The summed E-state index contributed by atoms with van der Waals surface area (Å²) in [6, 6.07) is 8.37. The number of ether oxygens (including phenoxy) is 3. The lowest BCUT2D eigenvalue weighted by Crippen LogP contribution is -2.35. The molecule has 2 aliphatic heterocycles. The van der Waals surface area contributed by atoms with E-state index in [4.69, 9.17) is 14.2 Å². The molecule has 1 saturated heterocycles.